The Labute approximate surface area is 113 Å². The van der Waals surface area contributed by atoms with Crippen LogP contribution in [0.25, 0.3) is 0 Å². The number of carbonyl (C=O) groups excluding carboxylic acids is 1. The zero-order valence-electron chi connectivity index (χ0n) is 12.5. The highest BCUT2D eigenvalue weighted by atomic mass is 16.5. The van der Waals surface area contributed by atoms with Gasteiger partial charge in [0.25, 0.3) is 0 Å². The van der Waals surface area contributed by atoms with E-state index in [-0.39, 0.29) is 23.3 Å². The van der Waals surface area contributed by atoms with Crippen molar-refractivity contribution >= 4 is 5.97 Å². The van der Waals surface area contributed by atoms with Crippen LogP contribution in [0.5, 0.6) is 0 Å². The molecular weight excluding hydrogens is 246 g/mol. The van der Waals surface area contributed by atoms with Crippen LogP contribution in [0, 0.1) is 5.92 Å². The molecule has 0 aliphatic rings. The second-order valence-electron chi connectivity index (χ2n) is 5.89. The Balaban J connectivity index is 2.65. The molecule has 1 atom stereocenters. The molecule has 6 heteroatoms. The van der Waals surface area contributed by atoms with E-state index in [1.165, 1.54) is 7.11 Å². The summed E-state index contributed by atoms with van der Waals surface area (Å²) in [6, 6.07) is -0.374. The average Bonchev–Trinajstić information content (AvgIpc) is 2.76. The number of hydrogen-bond donors (Lipinski definition) is 1. The van der Waals surface area contributed by atoms with Gasteiger partial charge in [-0.25, -0.2) is 0 Å². The minimum atomic E-state index is -0.374. The molecule has 0 spiro atoms. The number of methoxy groups -OCH3 is 1. The van der Waals surface area contributed by atoms with Gasteiger partial charge in [0, 0.05) is 5.41 Å². The molecule has 1 N–H and O–H groups in total. The van der Waals surface area contributed by atoms with E-state index in [0.717, 1.165) is 0 Å². The third kappa shape index (κ3) is 4.31. The van der Waals surface area contributed by atoms with E-state index in [1.807, 2.05) is 34.6 Å². The normalized spacial score (nSPS) is 13.6. The van der Waals surface area contributed by atoms with Crippen LogP contribution >= 0.6 is 0 Å². The van der Waals surface area contributed by atoms with Gasteiger partial charge < -0.3 is 9.26 Å². The summed E-state index contributed by atoms with van der Waals surface area (Å²) in [7, 11) is 1.38. The molecular formula is C13H23N3O3. The van der Waals surface area contributed by atoms with Crippen molar-refractivity contribution < 1.29 is 14.1 Å². The van der Waals surface area contributed by atoms with Crippen molar-refractivity contribution in [2.45, 2.75) is 52.6 Å². The summed E-state index contributed by atoms with van der Waals surface area (Å²) in [5, 5.41) is 6.99. The molecule has 108 valence electrons. The van der Waals surface area contributed by atoms with Gasteiger partial charge in [0.2, 0.25) is 5.89 Å². The molecule has 0 radical (unpaired) electrons. The van der Waals surface area contributed by atoms with Crippen LogP contribution in [0.1, 0.15) is 46.3 Å². The van der Waals surface area contributed by atoms with E-state index in [0.29, 0.717) is 18.3 Å². The molecule has 0 amide bonds. The fraction of sp³-hybridized carbons (Fsp3) is 0.769. The Morgan fingerprint density at radius 3 is 2.47 bits per heavy atom. The van der Waals surface area contributed by atoms with E-state index in [4.69, 9.17) is 9.26 Å². The fourth-order valence-corrected chi connectivity index (χ4v) is 1.55. The standard InChI is InChI=1S/C13H23N3O3/c1-8(2)10(11(17)18-6)14-7-9-15-12(19-16-9)13(3,4)5/h8,10,14H,7H2,1-6H3. The Hall–Kier alpha value is -1.43. The zero-order valence-corrected chi connectivity index (χ0v) is 12.5. The summed E-state index contributed by atoms with van der Waals surface area (Å²) >= 11 is 0. The van der Waals surface area contributed by atoms with Crippen molar-refractivity contribution in [3.63, 3.8) is 0 Å². The molecule has 1 unspecified atom stereocenters. The van der Waals surface area contributed by atoms with Gasteiger partial charge in [0.15, 0.2) is 5.82 Å². The van der Waals surface area contributed by atoms with E-state index >= 15 is 0 Å². The van der Waals surface area contributed by atoms with Crippen LogP contribution < -0.4 is 5.32 Å². The van der Waals surface area contributed by atoms with Crippen LogP contribution in [0.4, 0.5) is 0 Å². The average molecular weight is 269 g/mol. The molecule has 1 heterocycles. The van der Waals surface area contributed by atoms with E-state index in [9.17, 15) is 4.79 Å². The summed E-state index contributed by atoms with van der Waals surface area (Å²) in [4.78, 5) is 15.9. The Morgan fingerprint density at radius 2 is 2.05 bits per heavy atom. The van der Waals surface area contributed by atoms with E-state index in [1.54, 1.807) is 0 Å². The lowest BCUT2D eigenvalue weighted by Crippen LogP contribution is -2.41. The molecule has 1 aromatic heterocycles. The number of esters is 1. The van der Waals surface area contributed by atoms with Crippen molar-refractivity contribution in [1.82, 2.24) is 15.5 Å². The molecule has 0 saturated carbocycles. The van der Waals surface area contributed by atoms with Gasteiger partial charge in [0.05, 0.1) is 13.7 Å². The lowest BCUT2D eigenvalue weighted by Gasteiger charge is -2.18. The molecule has 0 aromatic carbocycles. The maximum atomic E-state index is 11.6. The minimum Gasteiger partial charge on any atom is -0.468 e. The first-order valence-electron chi connectivity index (χ1n) is 6.40. The van der Waals surface area contributed by atoms with Crippen LogP contribution in [0.3, 0.4) is 0 Å². The summed E-state index contributed by atoms with van der Waals surface area (Å²) in [6.45, 7) is 10.3. The Morgan fingerprint density at radius 1 is 1.42 bits per heavy atom. The van der Waals surface area contributed by atoms with Crippen molar-refractivity contribution in [1.29, 1.82) is 0 Å². The summed E-state index contributed by atoms with van der Waals surface area (Å²) < 4.78 is 9.95. The van der Waals surface area contributed by atoms with E-state index in [2.05, 4.69) is 15.5 Å². The van der Waals surface area contributed by atoms with Crippen LogP contribution in [0.2, 0.25) is 0 Å². The third-order valence-electron chi connectivity index (χ3n) is 2.71. The van der Waals surface area contributed by atoms with Gasteiger partial charge in [0.1, 0.15) is 6.04 Å². The van der Waals surface area contributed by atoms with Crippen LogP contribution in [0.15, 0.2) is 4.52 Å². The summed E-state index contributed by atoms with van der Waals surface area (Å²) in [5.74, 6) is 0.971. The first kappa shape index (κ1) is 15.6. The van der Waals surface area contributed by atoms with Gasteiger partial charge in [-0.2, -0.15) is 4.98 Å². The summed E-state index contributed by atoms with van der Waals surface area (Å²) in [5.41, 5.74) is -0.176. The van der Waals surface area contributed by atoms with Gasteiger partial charge in [-0.3, -0.25) is 10.1 Å². The number of ether oxygens (including phenoxy) is 1. The first-order valence-corrected chi connectivity index (χ1v) is 6.40. The highest BCUT2D eigenvalue weighted by molar-refractivity contribution is 5.75. The first-order chi connectivity index (χ1) is 8.75. The number of rotatable bonds is 5. The number of hydrogen-bond acceptors (Lipinski definition) is 6. The Bertz CT molecular complexity index is 421. The maximum absolute atomic E-state index is 11.6. The number of carbonyl (C=O) groups is 1. The molecule has 0 saturated heterocycles. The zero-order chi connectivity index (χ0) is 14.6. The second kappa shape index (κ2) is 6.14. The second-order valence-corrected chi connectivity index (χ2v) is 5.89. The van der Waals surface area contributed by atoms with Gasteiger partial charge in [-0.1, -0.05) is 39.8 Å². The molecule has 1 aromatic rings. The van der Waals surface area contributed by atoms with Crippen molar-refractivity contribution in [2.24, 2.45) is 5.92 Å². The van der Waals surface area contributed by atoms with Gasteiger partial charge in [-0.05, 0) is 5.92 Å². The van der Waals surface area contributed by atoms with Gasteiger partial charge in [-0.15, -0.1) is 0 Å². The number of nitrogens with one attached hydrogen (secondary N) is 1. The molecule has 0 bridgehead atoms. The lowest BCUT2D eigenvalue weighted by atomic mass is 9.97. The molecule has 1 rings (SSSR count). The topological polar surface area (TPSA) is 77.2 Å². The monoisotopic (exact) mass is 269 g/mol. The Kier molecular flexibility index (Phi) is 5.05. The fourth-order valence-electron chi connectivity index (χ4n) is 1.55. The maximum Gasteiger partial charge on any atom is 0.323 e. The quantitative estimate of drug-likeness (QED) is 0.819. The number of aromatic nitrogens is 2. The molecule has 19 heavy (non-hydrogen) atoms. The van der Waals surface area contributed by atoms with E-state index < -0.39 is 0 Å². The van der Waals surface area contributed by atoms with Crippen molar-refractivity contribution in [2.75, 3.05) is 7.11 Å². The molecule has 0 fully saturated rings. The SMILES string of the molecule is COC(=O)C(NCc1noc(C(C)(C)C)n1)C(C)C. The molecule has 0 aliphatic heterocycles. The highest BCUT2D eigenvalue weighted by Gasteiger charge is 2.25. The summed E-state index contributed by atoms with van der Waals surface area (Å²) in [6.07, 6.45) is 0. The largest absolute Gasteiger partial charge is 0.468 e. The number of nitrogens with zero attached hydrogens (tertiary/aromatic N) is 2. The van der Waals surface area contributed by atoms with Crippen LogP contribution in [-0.2, 0) is 21.5 Å². The third-order valence-corrected chi connectivity index (χ3v) is 2.71. The lowest BCUT2D eigenvalue weighted by molar-refractivity contribution is -0.144. The highest BCUT2D eigenvalue weighted by Crippen LogP contribution is 2.19. The van der Waals surface area contributed by atoms with Crippen LogP contribution in [-0.4, -0.2) is 29.3 Å². The predicted molar refractivity (Wildman–Crippen MR) is 70.5 cm³/mol. The van der Waals surface area contributed by atoms with Gasteiger partial charge >= 0.3 is 5.97 Å². The molecule has 0 aliphatic carbocycles. The van der Waals surface area contributed by atoms with Crippen molar-refractivity contribution in [3.8, 4) is 0 Å². The predicted octanol–water partition coefficient (Wildman–Crippen LogP) is 1.65. The molecule has 6 nitrogen and oxygen atoms in total. The van der Waals surface area contributed by atoms with Crippen molar-refractivity contribution in [3.05, 3.63) is 11.7 Å². The smallest absolute Gasteiger partial charge is 0.323 e. The minimum absolute atomic E-state index is 0.126.